The summed E-state index contributed by atoms with van der Waals surface area (Å²) >= 11 is -1.21. The fourth-order valence-corrected chi connectivity index (χ4v) is 4.91. The maximum atomic E-state index is 13.6. The van der Waals surface area contributed by atoms with Crippen LogP contribution in [0.25, 0.3) is 0 Å². The van der Waals surface area contributed by atoms with Gasteiger partial charge in [-0.2, -0.15) is 0 Å². The first-order valence-electron chi connectivity index (χ1n) is 10.6. The van der Waals surface area contributed by atoms with Crippen molar-refractivity contribution in [2.45, 2.75) is 63.7 Å². The Kier molecular flexibility index (Phi) is 8.40. The van der Waals surface area contributed by atoms with E-state index in [1.54, 1.807) is 6.26 Å². The number of nitrogens with zero attached hydrogens (tertiary/aromatic N) is 1. The van der Waals surface area contributed by atoms with Gasteiger partial charge in [0, 0.05) is 11.4 Å². The SMILES string of the molecule is CC(C)(C)[S+]([O-])N(Cc1ccccc1)[C@H](COCc1ccccc1)C1CCC=CO1. The summed E-state index contributed by atoms with van der Waals surface area (Å²) in [6.07, 6.45) is 5.62. The van der Waals surface area contributed by atoms with Crippen molar-refractivity contribution in [2.75, 3.05) is 6.61 Å². The number of ether oxygens (including phenoxy) is 2. The summed E-state index contributed by atoms with van der Waals surface area (Å²) in [6.45, 7) is 7.64. The molecule has 0 saturated carbocycles. The van der Waals surface area contributed by atoms with Crippen LogP contribution in [-0.2, 0) is 34.0 Å². The molecule has 0 amide bonds. The van der Waals surface area contributed by atoms with Gasteiger partial charge in [0.05, 0.1) is 26.0 Å². The lowest BCUT2D eigenvalue weighted by molar-refractivity contribution is -0.00431. The number of hydrogen-bond donors (Lipinski definition) is 0. The molecular formula is C25H33NO3S. The zero-order valence-electron chi connectivity index (χ0n) is 18.2. The highest BCUT2D eigenvalue weighted by Gasteiger charge is 2.42. The fourth-order valence-electron chi connectivity index (χ4n) is 3.50. The summed E-state index contributed by atoms with van der Waals surface area (Å²) in [5.41, 5.74) is 2.27. The molecule has 30 heavy (non-hydrogen) atoms. The van der Waals surface area contributed by atoms with Gasteiger partial charge in [-0.3, -0.25) is 0 Å². The predicted molar refractivity (Wildman–Crippen MR) is 123 cm³/mol. The van der Waals surface area contributed by atoms with Crippen LogP contribution in [0.4, 0.5) is 0 Å². The molecule has 0 aromatic heterocycles. The minimum absolute atomic E-state index is 0.0548. The lowest BCUT2D eigenvalue weighted by Crippen LogP contribution is -2.54. The van der Waals surface area contributed by atoms with Crippen LogP contribution in [0.15, 0.2) is 73.0 Å². The largest absolute Gasteiger partial charge is 0.597 e. The van der Waals surface area contributed by atoms with E-state index < -0.39 is 11.4 Å². The molecule has 2 aromatic carbocycles. The zero-order valence-corrected chi connectivity index (χ0v) is 19.0. The van der Waals surface area contributed by atoms with Crippen LogP contribution in [0.5, 0.6) is 0 Å². The van der Waals surface area contributed by atoms with E-state index in [4.69, 9.17) is 9.47 Å². The van der Waals surface area contributed by atoms with Gasteiger partial charge in [-0.15, -0.1) is 4.31 Å². The van der Waals surface area contributed by atoms with Crippen molar-refractivity contribution in [2.24, 2.45) is 0 Å². The quantitative estimate of drug-likeness (QED) is 0.514. The van der Waals surface area contributed by atoms with Crippen LogP contribution in [0, 0.1) is 0 Å². The highest BCUT2D eigenvalue weighted by molar-refractivity contribution is 7.90. The lowest BCUT2D eigenvalue weighted by atomic mass is 10.0. The van der Waals surface area contributed by atoms with Gasteiger partial charge < -0.3 is 14.0 Å². The average Bonchev–Trinajstić information content (AvgIpc) is 2.76. The van der Waals surface area contributed by atoms with E-state index in [1.807, 2.05) is 63.2 Å². The normalized spacial score (nSPS) is 18.8. The molecule has 5 heteroatoms. The van der Waals surface area contributed by atoms with E-state index in [-0.39, 0.29) is 16.9 Å². The summed E-state index contributed by atoms with van der Waals surface area (Å²) in [4.78, 5) is 0. The molecule has 1 aliphatic heterocycles. The molecule has 0 N–H and O–H groups in total. The van der Waals surface area contributed by atoms with E-state index in [2.05, 4.69) is 28.6 Å². The summed E-state index contributed by atoms with van der Waals surface area (Å²) in [6, 6.07) is 20.2. The Morgan fingerprint density at radius 3 is 2.27 bits per heavy atom. The summed E-state index contributed by atoms with van der Waals surface area (Å²) in [7, 11) is 0. The van der Waals surface area contributed by atoms with E-state index in [0.29, 0.717) is 19.8 Å². The number of hydrogen-bond acceptors (Lipinski definition) is 4. The van der Waals surface area contributed by atoms with E-state index in [0.717, 1.165) is 24.0 Å². The Bertz CT molecular complexity index is 776. The molecule has 0 aliphatic carbocycles. The molecule has 3 atom stereocenters. The minimum atomic E-state index is -1.21. The molecule has 0 saturated heterocycles. The second-order valence-electron chi connectivity index (χ2n) is 8.61. The zero-order chi connectivity index (χ0) is 21.4. The van der Waals surface area contributed by atoms with Crippen molar-refractivity contribution < 1.29 is 14.0 Å². The lowest BCUT2D eigenvalue weighted by Gasteiger charge is -2.40. The molecule has 0 spiro atoms. The third-order valence-corrected chi connectivity index (χ3v) is 6.96. The second-order valence-corrected chi connectivity index (χ2v) is 10.8. The molecule has 0 bridgehead atoms. The standard InChI is InChI=1S/C25H33NO3S/c1-25(2,3)30(27)26(18-21-12-6-4-7-13-21)23(24-16-10-11-17-29-24)20-28-19-22-14-8-5-9-15-22/h4-9,11-15,17,23-24H,10,16,18-20H2,1-3H3/t23-,24?,30?/m1/s1. The molecular weight excluding hydrogens is 394 g/mol. The van der Waals surface area contributed by atoms with Crippen LogP contribution < -0.4 is 0 Å². The first-order chi connectivity index (χ1) is 14.4. The van der Waals surface area contributed by atoms with Crippen molar-refractivity contribution in [1.82, 2.24) is 4.31 Å². The molecule has 1 aliphatic rings. The van der Waals surface area contributed by atoms with Crippen molar-refractivity contribution in [3.8, 4) is 0 Å². The van der Waals surface area contributed by atoms with Crippen molar-refractivity contribution in [3.63, 3.8) is 0 Å². The van der Waals surface area contributed by atoms with Crippen LogP contribution >= 0.6 is 0 Å². The van der Waals surface area contributed by atoms with Crippen LogP contribution in [-0.4, -0.2) is 32.4 Å². The number of rotatable bonds is 9. The number of benzene rings is 2. The highest BCUT2D eigenvalue weighted by atomic mass is 32.2. The maximum absolute atomic E-state index is 13.6. The molecule has 0 fully saturated rings. The maximum Gasteiger partial charge on any atom is 0.137 e. The van der Waals surface area contributed by atoms with Gasteiger partial charge in [-0.25, -0.2) is 0 Å². The van der Waals surface area contributed by atoms with Crippen molar-refractivity contribution in [1.29, 1.82) is 0 Å². The molecule has 162 valence electrons. The van der Waals surface area contributed by atoms with Crippen LogP contribution in [0.3, 0.4) is 0 Å². The molecule has 2 unspecified atom stereocenters. The highest BCUT2D eigenvalue weighted by Crippen LogP contribution is 2.29. The van der Waals surface area contributed by atoms with Gasteiger partial charge >= 0.3 is 0 Å². The Morgan fingerprint density at radius 1 is 1.07 bits per heavy atom. The van der Waals surface area contributed by atoms with E-state index in [1.165, 1.54) is 0 Å². The molecule has 1 heterocycles. The van der Waals surface area contributed by atoms with E-state index >= 15 is 0 Å². The van der Waals surface area contributed by atoms with E-state index in [9.17, 15) is 4.55 Å². The molecule has 3 rings (SSSR count). The minimum Gasteiger partial charge on any atom is -0.597 e. The first kappa shape index (κ1) is 22.9. The first-order valence-corrected chi connectivity index (χ1v) is 11.7. The van der Waals surface area contributed by atoms with Gasteiger partial charge in [0.25, 0.3) is 0 Å². The van der Waals surface area contributed by atoms with Gasteiger partial charge in [0.1, 0.15) is 16.9 Å². The molecule has 2 aromatic rings. The average molecular weight is 428 g/mol. The molecule has 0 radical (unpaired) electrons. The Balaban J connectivity index is 1.81. The second kappa shape index (κ2) is 11.0. The Labute approximate surface area is 184 Å². The smallest absolute Gasteiger partial charge is 0.137 e. The summed E-state index contributed by atoms with van der Waals surface area (Å²) in [5, 5.41) is 0. The molecule has 4 nitrogen and oxygen atoms in total. The fraction of sp³-hybridized carbons (Fsp3) is 0.440. The van der Waals surface area contributed by atoms with Gasteiger partial charge in [0.2, 0.25) is 0 Å². The van der Waals surface area contributed by atoms with Crippen molar-refractivity contribution in [3.05, 3.63) is 84.1 Å². The van der Waals surface area contributed by atoms with Crippen LogP contribution in [0.1, 0.15) is 44.7 Å². The third kappa shape index (κ3) is 6.61. The Hall–Kier alpha value is -1.79. The van der Waals surface area contributed by atoms with Gasteiger partial charge in [-0.1, -0.05) is 60.7 Å². The third-order valence-electron chi connectivity index (χ3n) is 5.08. The predicted octanol–water partition coefficient (Wildman–Crippen LogP) is 5.23. The summed E-state index contributed by atoms with van der Waals surface area (Å²) < 4.78 is 27.4. The van der Waals surface area contributed by atoms with Gasteiger partial charge in [0.15, 0.2) is 0 Å². The monoisotopic (exact) mass is 427 g/mol. The Morgan fingerprint density at radius 2 is 1.70 bits per heavy atom. The number of allylic oxidation sites excluding steroid dienone is 1. The van der Waals surface area contributed by atoms with Gasteiger partial charge in [-0.05, 0) is 50.8 Å². The summed E-state index contributed by atoms with van der Waals surface area (Å²) in [5.74, 6) is 0. The van der Waals surface area contributed by atoms with Crippen molar-refractivity contribution >= 4 is 11.4 Å². The topological polar surface area (TPSA) is 44.8 Å². The van der Waals surface area contributed by atoms with Crippen LogP contribution in [0.2, 0.25) is 0 Å².